The van der Waals surface area contributed by atoms with Gasteiger partial charge in [0.2, 0.25) is 0 Å². The Morgan fingerprint density at radius 3 is 2.84 bits per heavy atom. The van der Waals surface area contributed by atoms with Crippen molar-refractivity contribution in [2.45, 2.75) is 19.0 Å². The number of aryl methyl sites for hydroxylation is 1. The molecule has 0 aromatic carbocycles. The lowest BCUT2D eigenvalue weighted by Crippen LogP contribution is -2.46. The zero-order chi connectivity index (χ0) is 14.3. The number of rotatable bonds is 7. The third kappa shape index (κ3) is 5.16. The predicted molar refractivity (Wildman–Crippen MR) is 70.8 cm³/mol. The van der Waals surface area contributed by atoms with E-state index < -0.39 is 18.0 Å². The molecule has 0 bridgehead atoms. The smallest absolute Gasteiger partial charge is 0.326 e. The molecule has 0 aliphatic heterocycles. The van der Waals surface area contributed by atoms with E-state index in [2.05, 4.69) is 20.7 Å². The van der Waals surface area contributed by atoms with Crippen LogP contribution in [0, 0.1) is 0 Å². The number of nitrogens with one attached hydrogen (secondary N) is 2. The quantitative estimate of drug-likeness (QED) is 0.642. The molecule has 2 amide bonds. The predicted octanol–water partition coefficient (Wildman–Crippen LogP) is -0.179. The fourth-order valence-electron chi connectivity index (χ4n) is 1.34. The number of carbonyl (C=O) groups is 2. The molecule has 0 aliphatic carbocycles. The van der Waals surface area contributed by atoms with Gasteiger partial charge >= 0.3 is 12.0 Å². The van der Waals surface area contributed by atoms with E-state index in [4.69, 9.17) is 5.11 Å². The number of aliphatic carboxylic acids is 1. The van der Waals surface area contributed by atoms with Gasteiger partial charge in [0.05, 0.1) is 6.54 Å². The molecular formula is C10H17N5O3S. The van der Waals surface area contributed by atoms with Gasteiger partial charge in [-0.2, -0.15) is 16.9 Å². The monoisotopic (exact) mass is 287 g/mol. The van der Waals surface area contributed by atoms with Crippen LogP contribution in [0.15, 0.2) is 6.33 Å². The van der Waals surface area contributed by atoms with Crippen molar-refractivity contribution in [2.75, 3.05) is 12.0 Å². The highest BCUT2D eigenvalue weighted by atomic mass is 32.2. The molecule has 1 rings (SSSR count). The summed E-state index contributed by atoms with van der Waals surface area (Å²) in [6, 6.07) is -1.41. The van der Waals surface area contributed by atoms with Gasteiger partial charge in [-0.15, -0.1) is 0 Å². The van der Waals surface area contributed by atoms with Gasteiger partial charge in [0, 0.05) is 7.05 Å². The van der Waals surface area contributed by atoms with Gasteiger partial charge in [0.15, 0.2) is 0 Å². The molecule has 0 spiro atoms. The molecule has 1 heterocycles. The fourth-order valence-corrected chi connectivity index (χ4v) is 1.81. The molecular weight excluding hydrogens is 270 g/mol. The summed E-state index contributed by atoms with van der Waals surface area (Å²) in [4.78, 5) is 26.5. The van der Waals surface area contributed by atoms with E-state index in [1.165, 1.54) is 22.8 Å². The number of nitrogens with zero attached hydrogens (tertiary/aromatic N) is 3. The Morgan fingerprint density at radius 1 is 1.58 bits per heavy atom. The molecule has 0 saturated carbocycles. The van der Waals surface area contributed by atoms with Crippen LogP contribution in [-0.2, 0) is 18.4 Å². The van der Waals surface area contributed by atoms with Crippen LogP contribution in [0.4, 0.5) is 4.79 Å². The number of carbonyl (C=O) groups excluding carboxylic acids is 1. The highest BCUT2D eigenvalue weighted by molar-refractivity contribution is 7.98. The average Bonchev–Trinajstić information content (AvgIpc) is 2.77. The first-order valence-electron chi connectivity index (χ1n) is 5.63. The largest absolute Gasteiger partial charge is 0.480 e. The number of carboxylic acid groups (broad SMARTS) is 1. The molecule has 0 fully saturated rings. The number of hydrogen-bond acceptors (Lipinski definition) is 5. The fraction of sp³-hybridized carbons (Fsp3) is 0.600. The van der Waals surface area contributed by atoms with Crippen molar-refractivity contribution in [3.63, 3.8) is 0 Å². The van der Waals surface area contributed by atoms with Crippen LogP contribution in [0.1, 0.15) is 12.2 Å². The maximum absolute atomic E-state index is 11.6. The van der Waals surface area contributed by atoms with Crippen LogP contribution in [-0.4, -0.2) is 49.9 Å². The van der Waals surface area contributed by atoms with E-state index in [-0.39, 0.29) is 6.54 Å². The summed E-state index contributed by atoms with van der Waals surface area (Å²) in [5.74, 6) is 0.217. The molecule has 8 nitrogen and oxygen atoms in total. The van der Waals surface area contributed by atoms with Gasteiger partial charge in [-0.25, -0.2) is 14.6 Å². The summed E-state index contributed by atoms with van der Waals surface area (Å²) in [5.41, 5.74) is 0. The van der Waals surface area contributed by atoms with E-state index in [1.807, 2.05) is 6.26 Å². The molecule has 1 aromatic heterocycles. The lowest BCUT2D eigenvalue weighted by atomic mass is 10.2. The van der Waals surface area contributed by atoms with E-state index in [9.17, 15) is 9.59 Å². The second-order valence-electron chi connectivity index (χ2n) is 3.80. The molecule has 1 unspecified atom stereocenters. The molecule has 19 heavy (non-hydrogen) atoms. The van der Waals surface area contributed by atoms with Crippen molar-refractivity contribution in [3.05, 3.63) is 12.2 Å². The van der Waals surface area contributed by atoms with Gasteiger partial charge in [-0.1, -0.05) is 0 Å². The third-order valence-electron chi connectivity index (χ3n) is 2.43. The Morgan fingerprint density at radius 2 is 2.32 bits per heavy atom. The van der Waals surface area contributed by atoms with Crippen molar-refractivity contribution < 1.29 is 14.7 Å². The Kier molecular flexibility index (Phi) is 6.13. The normalized spacial score (nSPS) is 11.9. The molecule has 0 saturated heterocycles. The standard InChI is InChI=1S/C10H17N5O3S/c1-15-8(12-6-13-15)5-11-10(18)14-7(9(16)17)3-4-19-2/h6-7H,3-5H2,1-2H3,(H,16,17)(H2,11,14,18). The Labute approximate surface area is 115 Å². The zero-order valence-electron chi connectivity index (χ0n) is 10.8. The van der Waals surface area contributed by atoms with Crippen molar-refractivity contribution in [1.29, 1.82) is 0 Å². The first-order valence-corrected chi connectivity index (χ1v) is 7.03. The van der Waals surface area contributed by atoms with Crippen LogP contribution in [0.25, 0.3) is 0 Å². The van der Waals surface area contributed by atoms with Gasteiger partial charge in [-0.3, -0.25) is 4.68 Å². The van der Waals surface area contributed by atoms with Crippen LogP contribution in [0.2, 0.25) is 0 Å². The second kappa shape index (κ2) is 7.62. The van der Waals surface area contributed by atoms with Crippen molar-refractivity contribution in [2.24, 2.45) is 7.05 Å². The Bertz CT molecular complexity index is 437. The van der Waals surface area contributed by atoms with Crippen LogP contribution in [0.5, 0.6) is 0 Å². The molecule has 1 aromatic rings. The minimum absolute atomic E-state index is 0.192. The SMILES string of the molecule is CSCCC(NC(=O)NCc1ncnn1C)C(=O)O. The molecule has 106 valence electrons. The molecule has 0 radical (unpaired) electrons. The third-order valence-corrected chi connectivity index (χ3v) is 3.07. The van der Waals surface area contributed by atoms with Gasteiger partial charge in [0.25, 0.3) is 0 Å². The maximum atomic E-state index is 11.6. The summed E-state index contributed by atoms with van der Waals surface area (Å²) >= 11 is 1.53. The first kappa shape index (κ1) is 15.3. The number of urea groups is 1. The Balaban J connectivity index is 2.40. The number of aromatic nitrogens is 3. The van der Waals surface area contributed by atoms with Crippen LogP contribution in [0.3, 0.4) is 0 Å². The number of thioether (sulfide) groups is 1. The van der Waals surface area contributed by atoms with E-state index in [1.54, 1.807) is 7.05 Å². The van der Waals surface area contributed by atoms with E-state index in [0.29, 0.717) is 18.0 Å². The summed E-state index contributed by atoms with van der Waals surface area (Å²) in [5, 5.41) is 17.8. The van der Waals surface area contributed by atoms with Crippen molar-refractivity contribution in [3.8, 4) is 0 Å². The molecule has 3 N–H and O–H groups in total. The minimum atomic E-state index is -1.04. The lowest BCUT2D eigenvalue weighted by Gasteiger charge is -2.14. The number of amides is 2. The van der Waals surface area contributed by atoms with Crippen molar-refractivity contribution in [1.82, 2.24) is 25.4 Å². The van der Waals surface area contributed by atoms with Gasteiger partial charge in [0.1, 0.15) is 18.2 Å². The average molecular weight is 287 g/mol. The van der Waals surface area contributed by atoms with E-state index in [0.717, 1.165) is 0 Å². The lowest BCUT2D eigenvalue weighted by molar-refractivity contribution is -0.139. The zero-order valence-corrected chi connectivity index (χ0v) is 11.6. The number of carboxylic acids is 1. The first-order chi connectivity index (χ1) is 9.04. The highest BCUT2D eigenvalue weighted by Gasteiger charge is 2.19. The summed E-state index contributed by atoms with van der Waals surface area (Å²) in [6.45, 7) is 0.192. The summed E-state index contributed by atoms with van der Waals surface area (Å²) < 4.78 is 1.53. The molecule has 1 atom stereocenters. The second-order valence-corrected chi connectivity index (χ2v) is 4.78. The summed E-state index contributed by atoms with van der Waals surface area (Å²) in [7, 11) is 1.71. The molecule has 0 aliphatic rings. The number of hydrogen-bond donors (Lipinski definition) is 3. The van der Waals surface area contributed by atoms with Gasteiger partial charge in [-0.05, 0) is 18.4 Å². The van der Waals surface area contributed by atoms with Crippen LogP contribution < -0.4 is 10.6 Å². The minimum Gasteiger partial charge on any atom is -0.480 e. The summed E-state index contributed by atoms with van der Waals surface area (Å²) in [6.07, 6.45) is 3.65. The van der Waals surface area contributed by atoms with E-state index >= 15 is 0 Å². The van der Waals surface area contributed by atoms with Crippen LogP contribution >= 0.6 is 11.8 Å². The van der Waals surface area contributed by atoms with Crippen molar-refractivity contribution >= 4 is 23.8 Å². The molecule has 9 heteroatoms. The highest BCUT2D eigenvalue weighted by Crippen LogP contribution is 2.01. The Hall–Kier alpha value is -1.77. The van der Waals surface area contributed by atoms with Gasteiger partial charge < -0.3 is 15.7 Å². The topological polar surface area (TPSA) is 109 Å². The maximum Gasteiger partial charge on any atom is 0.326 e.